The molecule has 4 heteroatoms. The first-order chi connectivity index (χ1) is 8.01. The largest absolute Gasteiger partial charge is 0.389 e. The molecule has 0 aromatic rings. The van der Waals surface area contributed by atoms with Crippen LogP contribution < -0.4 is 0 Å². The number of rotatable bonds is 6. The van der Waals surface area contributed by atoms with Gasteiger partial charge in [-0.05, 0) is 27.2 Å². The molecular formula is C13H27NO3. The van der Waals surface area contributed by atoms with Gasteiger partial charge in [0.1, 0.15) is 0 Å². The van der Waals surface area contributed by atoms with Crippen molar-refractivity contribution in [3.63, 3.8) is 0 Å². The summed E-state index contributed by atoms with van der Waals surface area (Å²) >= 11 is 0. The molecule has 4 nitrogen and oxygen atoms in total. The van der Waals surface area contributed by atoms with Gasteiger partial charge in [-0.2, -0.15) is 0 Å². The van der Waals surface area contributed by atoms with Crippen LogP contribution in [0, 0.1) is 0 Å². The highest BCUT2D eigenvalue weighted by Gasteiger charge is 2.25. The topological polar surface area (TPSA) is 41.9 Å². The Bertz CT molecular complexity index is 211. The summed E-state index contributed by atoms with van der Waals surface area (Å²) < 4.78 is 11.2. The average molecular weight is 245 g/mol. The van der Waals surface area contributed by atoms with Crippen molar-refractivity contribution in [2.24, 2.45) is 0 Å². The number of hydrogen-bond donors (Lipinski definition) is 1. The fourth-order valence-electron chi connectivity index (χ4n) is 2.17. The zero-order chi connectivity index (χ0) is 12.8. The summed E-state index contributed by atoms with van der Waals surface area (Å²) in [5.41, 5.74) is 0. The molecule has 0 amide bonds. The van der Waals surface area contributed by atoms with Crippen molar-refractivity contribution in [1.82, 2.24) is 4.90 Å². The molecule has 3 atom stereocenters. The third kappa shape index (κ3) is 5.82. The normalized spacial score (nSPS) is 28.6. The zero-order valence-corrected chi connectivity index (χ0v) is 11.6. The SMILES string of the molecule is CCC1CN(CC(O)COC(C)C)CC(C)O1. The van der Waals surface area contributed by atoms with Crippen LogP contribution in [0.5, 0.6) is 0 Å². The van der Waals surface area contributed by atoms with E-state index in [0.717, 1.165) is 19.5 Å². The molecular weight excluding hydrogens is 218 g/mol. The molecule has 102 valence electrons. The molecule has 0 aromatic carbocycles. The second kappa shape index (κ2) is 7.31. The summed E-state index contributed by atoms with van der Waals surface area (Å²) in [4.78, 5) is 2.27. The predicted molar refractivity (Wildman–Crippen MR) is 68.2 cm³/mol. The summed E-state index contributed by atoms with van der Waals surface area (Å²) in [6, 6.07) is 0. The van der Waals surface area contributed by atoms with E-state index in [1.165, 1.54) is 0 Å². The van der Waals surface area contributed by atoms with Crippen LogP contribution in [0.2, 0.25) is 0 Å². The molecule has 1 heterocycles. The lowest BCUT2D eigenvalue weighted by atomic mass is 10.1. The third-order valence-electron chi connectivity index (χ3n) is 2.95. The fourth-order valence-corrected chi connectivity index (χ4v) is 2.17. The van der Waals surface area contributed by atoms with Gasteiger partial charge in [-0.1, -0.05) is 6.92 Å². The van der Waals surface area contributed by atoms with E-state index in [1.54, 1.807) is 0 Å². The first kappa shape index (κ1) is 14.9. The Labute approximate surface area is 105 Å². The summed E-state index contributed by atoms with van der Waals surface area (Å²) in [6.07, 6.45) is 1.36. The summed E-state index contributed by atoms with van der Waals surface area (Å²) in [5.74, 6) is 0. The van der Waals surface area contributed by atoms with Crippen molar-refractivity contribution in [3.05, 3.63) is 0 Å². The Balaban J connectivity index is 2.29. The van der Waals surface area contributed by atoms with Crippen molar-refractivity contribution >= 4 is 0 Å². The van der Waals surface area contributed by atoms with E-state index in [0.29, 0.717) is 19.3 Å². The molecule has 0 bridgehead atoms. The number of aliphatic hydroxyl groups is 1. The Hall–Kier alpha value is -0.160. The quantitative estimate of drug-likeness (QED) is 0.765. The number of hydrogen-bond acceptors (Lipinski definition) is 4. The maximum atomic E-state index is 9.89. The first-order valence-electron chi connectivity index (χ1n) is 6.68. The van der Waals surface area contributed by atoms with Crippen LogP contribution in [-0.4, -0.2) is 60.7 Å². The predicted octanol–water partition coefficient (Wildman–Crippen LogP) is 1.27. The van der Waals surface area contributed by atoms with Crippen molar-refractivity contribution in [1.29, 1.82) is 0 Å². The van der Waals surface area contributed by atoms with E-state index in [1.807, 2.05) is 13.8 Å². The van der Waals surface area contributed by atoms with Crippen LogP contribution in [0.25, 0.3) is 0 Å². The minimum atomic E-state index is -0.403. The Morgan fingerprint density at radius 3 is 2.71 bits per heavy atom. The lowest BCUT2D eigenvalue weighted by molar-refractivity contribution is -0.0920. The van der Waals surface area contributed by atoms with Gasteiger partial charge in [-0.15, -0.1) is 0 Å². The molecule has 1 fully saturated rings. The van der Waals surface area contributed by atoms with E-state index in [2.05, 4.69) is 18.7 Å². The molecule has 0 aliphatic carbocycles. The van der Waals surface area contributed by atoms with Crippen molar-refractivity contribution < 1.29 is 14.6 Å². The molecule has 0 spiro atoms. The van der Waals surface area contributed by atoms with E-state index >= 15 is 0 Å². The van der Waals surface area contributed by atoms with Crippen LogP contribution in [0.4, 0.5) is 0 Å². The number of aliphatic hydroxyl groups excluding tert-OH is 1. The van der Waals surface area contributed by atoms with Crippen LogP contribution in [0.1, 0.15) is 34.1 Å². The van der Waals surface area contributed by atoms with Crippen LogP contribution >= 0.6 is 0 Å². The molecule has 1 saturated heterocycles. The van der Waals surface area contributed by atoms with E-state index in [9.17, 15) is 5.11 Å². The maximum Gasteiger partial charge on any atom is 0.0900 e. The Morgan fingerprint density at radius 1 is 1.41 bits per heavy atom. The minimum Gasteiger partial charge on any atom is -0.389 e. The highest BCUT2D eigenvalue weighted by molar-refractivity contribution is 4.76. The average Bonchev–Trinajstić information content (AvgIpc) is 2.25. The van der Waals surface area contributed by atoms with Gasteiger partial charge in [0.15, 0.2) is 0 Å². The fraction of sp³-hybridized carbons (Fsp3) is 1.00. The maximum absolute atomic E-state index is 9.89. The lowest BCUT2D eigenvalue weighted by Gasteiger charge is -2.37. The summed E-state index contributed by atoms with van der Waals surface area (Å²) in [7, 11) is 0. The van der Waals surface area contributed by atoms with Gasteiger partial charge in [0.2, 0.25) is 0 Å². The number of ether oxygens (including phenoxy) is 2. The number of β-amino-alcohol motifs (C(OH)–C–C–N with tert-alkyl or cyclic N) is 1. The third-order valence-corrected chi connectivity index (χ3v) is 2.95. The lowest BCUT2D eigenvalue weighted by Crippen LogP contribution is -2.49. The second-order valence-electron chi connectivity index (χ2n) is 5.23. The highest BCUT2D eigenvalue weighted by atomic mass is 16.5. The number of morpholine rings is 1. The second-order valence-corrected chi connectivity index (χ2v) is 5.23. The van der Waals surface area contributed by atoms with Gasteiger partial charge in [0.05, 0.1) is 31.0 Å². The monoisotopic (exact) mass is 245 g/mol. The van der Waals surface area contributed by atoms with Crippen LogP contribution in [-0.2, 0) is 9.47 Å². The molecule has 0 saturated carbocycles. The van der Waals surface area contributed by atoms with Gasteiger partial charge in [0.25, 0.3) is 0 Å². The molecule has 0 aromatic heterocycles. The first-order valence-corrected chi connectivity index (χ1v) is 6.68. The van der Waals surface area contributed by atoms with Crippen molar-refractivity contribution in [3.8, 4) is 0 Å². The smallest absolute Gasteiger partial charge is 0.0900 e. The van der Waals surface area contributed by atoms with Gasteiger partial charge in [0, 0.05) is 19.6 Å². The van der Waals surface area contributed by atoms with Gasteiger partial charge in [-0.3, -0.25) is 4.90 Å². The van der Waals surface area contributed by atoms with Gasteiger partial charge >= 0.3 is 0 Å². The zero-order valence-electron chi connectivity index (χ0n) is 11.6. The van der Waals surface area contributed by atoms with Gasteiger partial charge in [-0.25, -0.2) is 0 Å². The van der Waals surface area contributed by atoms with E-state index in [4.69, 9.17) is 9.47 Å². The molecule has 1 rings (SSSR count). The van der Waals surface area contributed by atoms with Crippen LogP contribution in [0.3, 0.4) is 0 Å². The molecule has 1 aliphatic rings. The van der Waals surface area contributed by atoms with E-state index in [-0.39, 0.29) is 12.2 Å². The van der Waals surface area contributed by atoms with Crippen LogP contribution in [0.15, 0.2) is 0 Å². The molecule has 0 radical (unpaired) electrons. The minimum absolute atomic E-state index is 0.177. The molecule has 3 unspecified atom stereocenters. The van der Waals surface area contributed by atoms with Gasteiger partial charge < -0.3 is 14.6 Å². The molecule has 17 heavy (non-hydrogen) atoms. The number of nitrogens with zero attached hydrogens (tertiary/aromatic N) is 1. The van der Waals surface area contributed by atoms with Crippen molar-refractivity contribution in [2.45, 2.75) is 58.5 Å². The Kier molecular flexibility index (Phi) is 6.41. The molecule has 1 N–H and O–H groups in total. The van der Waals surface area contributed by atoms with E-state index < -0.39 is 6.10 Å². The van der Waals surface area contributed by atoms with Crippen molar-refractivity contribution in [2.75, 3.05) is 26.2 Å². The summed E-state index contributed by atoms with van der Waals surface area (Å²) in [6.45, 7) is 11.1. The molecule has 1 aliphatic heterocycles. The summed E-state index contributed by atoms with van der Waals surface area (Å²) in [5, 5.41) is 9.89. The Morgan fingerprint density at radius 2 is 2.12 bits per heavy atom. The highest BCUT2D eigenvalue weighted by Crippen LogP contribution is 2.13. The standard InChI is InChI=1S/C13H27NO3/c1-5-13-8-14(6-11(4)17-13)7-12(15)9-16-10(2)3/h10-13,15H,5-9H2,1-4H3.